The van der Waals surface area contributed by atoms with E-state index >= 15 is 0 Å². The molecule has 0 atom stereocenters. The molecule has 144 valence electrons. The van der Waals surface area contributed by atoms with E-state index in [1.165, 1.54) is 23.1 Å². The van der Waals surface area contributed by atoms with E-state index in [1.807, 2.05) is 7.05 Å². The predicted molar refractivity (Wildman–Crippen MR) is 104 cm³/mol. The van der Waals surface area contributed by atoms with Crippen molar-refractivity contribution in [1.82, 2.24) is 14.5 Å². The zero-order chi connectivity index (χ0) is 20.1. The minimum atomic E-state index is -0.531. The van der Waals surface area contributed by atoms with Gasteiger partial charge in [0.05, 0.1) is 11.2 Å². The highest BCUT2D eigenvalue weighted by Gasteiger charge is 2.28. The van der Waals surface area contributed by atoms with Gasteiger partial charge in [0, 0.05) is 50.0 Å². The number of carbonyl (C=O) groups is 2. The molecule has 3 heterocycles. The Bertz CT molecular complexity index is 993. The van der Waals surface area contributed by atoms with Crippen molar-refractivity contribution in [3.8, 4) is 0 Å². The number of hydrogen-bond donors (Lipinski definition) is 1. The van der Waals surface area contributed by atoms with Gasteiger partial charge < -0.3 is 14.8 Å². The average Bonchev–Trinajstić information content (AvgIpc) is 3.16. The molecule has 0 saturated carbocycles. The van der Waals surface area contributed by atoms with E-state index in [0.29, 0.717) is 36.3 Å². The molecular weight excluding hydrogens is 385 g/mol. The predicted octanol–water partition coefficient (Wildman–Crippen LogP) is 3.27. The monoisotopic (exact) mass is 401 g/mol. The van der Waals surface area contributed by atoms with Crippen molar-refractivity contribution in [3.05, 3.63) is 71.2 Å². The lowest BCUT2D eigenvalue weighted by Gasteiger charge is -2.29. The molecule has 0 saturated heterocycles. The average molecular weight is 402 g/mol. The Balaban J connectivity index is 0.000000236. The number of hydrogen-bond acceptors (Lipinski definition) is 5. The summed E-state index contributed by atoms with van der Waals surface area (Å²) in [5.74, 6) is -0.0182. The van der Waals surface area contributed by atoms with E-state index in [2.05, 4.69) is 15.3 Å². The van der Waals surface area contributed by atoms with E-state index < -0.39 is 5.82 Å². The Kier molecular flexibility index (Phi) is 6.00. The molecule has 0 radical (unpaired) electrons. The number of halogens is 2. The van der Waals surface area contributed by atoms with Crippen LogP contribution < -0.4 is 10.2 Å². The summed E-state index contributed by atoms with van der Waals surface area (Å²) < 4.78 is 14.9. The summed E-state index contributed by atoms with van der Waals surface area (Å²) in [5.41, 5.74) is 1.23. The molecular formula is C19H17ClFN5O2. The lowest BCUT2D eigenvalue weighted by molar-refractivity contribution is 0.0959. The van der Waals surface area contributed by atoms with Crippen molar-refractivity contribution in [1.29, 1.82) is 0 Å². The molecule has 1 aliphatic heterocycles. The van der Waals surface area contributed by atoms with Crippen LogP contribution in [0.25, 0.3) is 0 Å². The van der Waals surface area contributed by atoms with Gasteiger partial charge in [-0.05, 0) is 24.3 Å². The molecule has 1 N–H and O–H groups in total. The zero-order valence-electron chi connectivity index (χ0n) is 15.0. The second kappa shape index (κ2) is 8.62. The van der Waals surface area contributed by atoms with Gasteiger partial charge in [0.15, 0.2) is 6.29 Å². The van der Waals surface area contributed by atoms with Crippen LogP contribution in [-0.4, -0.2) is 40.3 Å². The maximum atomic E-state index is 13.2. The van der Waals surface area contributed by atoms with Crippen LogP contribution in [0.2, 0.25) is 5.02 Å². The Morgan fingerprint density at radius 1 is 1.25 bits per heavy atom. The number of benzene rings is 1. The van der Waals surface area contributed by atoms with Crippen LogP contribution in [-0.2, 0) is 6.54 Å². The van der Waals surface area contributed by atoms with Gasteiger partial charge in [-0.3, -0.25) is 14.6 Å². The normalized spacial score (nSPS) is 12.7. The Morgan fingerprint density at radius 3 is 2.68 bits per heavy atom. The Morgan fingerprint density at radius 2 is 2.07 bits per heavy atom. The van der Waals surface area contributed by atoms with Gasteiger partial charge in [0.1, 0.15) is 17.3 Å². The number of rotatable bonds is 3. The van der Waals surface area contributed by atoms with E-state index in [9.17, 15) is 14.0 Å². The first-order chi connectivity index (χ1) is 13.5. The maximum Gasteiger partial charge on any atom is 0.275 e. The first-order valence-electron chi connectivity index (χ1n) is 8.40. The number of fused-ring (bicyclic) bond motifs is 1. The fraction of sp³-hybridized carbons (Fsp3) is 0.158. The summed E-state index contributed by atoms with van der Waals surface area (Å²) >= 11 is 5.74. The van der Waals surface area contributed by atoms with Crippen molar-refractivity contribution >= 4 is 35.3 Å². The van der Waals surface area contributed by atoms with E-state index in [-0.39, 0.29) is 10.9 Å². The third kappa shape index (κ3) is 4.01. The molecule has 9 heteroatoms. The standard InChI is InChI=1S/C14H10ClFN2O2.C5H7N3/c15-11-7-10(1-2-12(11)16)18-6-5-17-4-3-9(8-19)13(17)14(18)20;1-6-5-4-7-2-3-8-5/h1-4,7-8H,5-6H2;2-4H,1H3,(H,6,8). The van der Waals surface area contributed by atoms with Crippen LogP contribution in [0.3, 0.4) is 0 Å². The summed E-state index contributed by atoms with van der Waals surface area (Å²) in [6, 6.07) is 5.74. The first-order valence-corrected chi connectivity index (χ1v) is 8.78. The molecule has 0 unspecified atom stereocenters. The summed E-state index contributed by atoms with van der Waals surface area (Å²) in [6.07, 6.45) is 7.32. The first kappa shape index (κ1) is 19.5. The number of anilines is 2. The Hall–Kier alpha value is -3.26. The molecule has 0 fully saturated rings. The van der Waals surface area contributed by atoms with E-state index in [1.54, 1.807) is 35.4 Å². The summed E-state index contributed by atoms with van der Waals surface area (Å²) in [6.45, 7) is 1.02. The highest BCUT2D eigenvalue weighted by Crippen LogP contribution is 2.27. The molecule has 4 rings (SSSR count). The van der Waals surface area contributed by atoms with Gasteiger partial charge in [0.25, 0.3) is 5.91 Å². The molecule has 3 aromatic rings. The lowest BCUT2D eigenvalue weighted by atomic mass is 10.2. The number of amides is 1. The number of nitrogens with zero attached hydrogens (tertiary/aromatic N) is 4. The van der Waals surface area contributed by atoms with Crippen LogP contribution >= 0.6 is 11.6 Å². The van der Waals surface area contributed by atoms with Gasteiger partial charge in [0.2, 0.25) is 0 Å². The summed E-state index contributed by atoms with van der Waals surface area (Å²) in [7, 11) is 1.81. The topological polar surface area (TPSA) is 80.1 Å². The molecule has 1 amide bonds. The van der Waals surface area contributed by atoms with Crippen LogP contribution in [0.4, 0.5) is 15.9 Å². The van der Waals surface area contributed by atoms with Gasteiger partial charge in [-0.25, -0.2) is 9.37 Å². The van der Waals surface area contributed by atoms with Crippen LogP contribution in [0.1, 0.15) is 20.8 Å². The maximum absolute atomic E-state index is 13.2. The molecule has 0 aliphatic carbocycles. The van der Waals surface area contributed by atoms with Crippen molar-refractivity contribution < 1.29 is 14.0 Å². The third-order valence-corrected chi connectivity index (χ3v) is 4.46. The van der Waals surface area contributed by atoms with Crippen molar-refractivity contribution in [2.24, 2.45) is 0 Å². The molecule has 2 aromatic heterocycles. The SMILES string of the molecule is CNc1cnccn1.O=Cc1ccn2c1C(=O)N(c1ccc(F)c(Cl)c1)CC2. The summed E-state index contributed by atoms with van der Waals surface area (Å²) in [4.78, 5) is 32.7. The molecule has 28 heavy (non-hydrogen) atoms. The van der Waals surface area contributed by atoms with E-state index in [4.69, 9.17) is 11.6 Å². The number of carbonyl (C=O) groups excluding carboxylic acids is 2. The fourth-order valence-electron chi connectivity index (χ4n) is 2.78. The zero-order valence-corrected chi connectivity index (χ0v) is 15.7. The van der Waals surface area contributed by atoms with Gasteiger partial charge in [-0.1, -0.05) is 11.6 Å². The number of aldehydes is 1. The van der Waals surface area contributed by atoms with Crippen molar-refractivity contribution in [2.75, 3.05) is 23.8 Å². The van der Waals surface area contributed by atoms with Gasteiger partial charge in [-0.15, -0.1) is 0 Å². The number of nitrogens with one attached hydrogen (secondary N) is 1. The molecule has 0 bridgehead atoms. The van der Waals surface area contributed by atoms with Crippen molar-refractivity contribution in [3.63, 3.8) is 0 Å². The minimum Gasteiger partial charge on any atom is -0.372 e. The van der Waals surface area contributed by atoms with Crippen molar-refractivity contribution in [2.45, 2.75) is 6.54 Å². The molecule has 1 aliphatic rings. The third-order valence-electron chi connectivity index (χ3n) is 4.17. The van der Waals surface area contributed by atoms with Crippen LogP contribution in [0.5, 0.6) is 0 Å². The van der Waals surface area contributed by atoms with Crippen LogP contribution in [0, 0.1) is 5.82 Å². The highest BCUT2D eigenvalue weighted by molar-refractivity contribution is 6.31. The fourth-order valence-corrected chi connectivity index (χ4v) is 2.96. The van der Waals surface area contributed by atoms with Gasteiger partial charge in [-0.2, -0.15) is 0 Å². The highest BCUT2D eigenvalue weighted by atomic mass is 35.5. The smallest absolute Gasteiger partial charge is 0.275 e. The molecule has 0 spiro atoms. The summed E-state index contributed by atoms with van der Waals surface area (Å²) in [5, 5.41) is 2.82. The second-order valence-corrected chi connectivity index (χ2v) is 6.23. The second-order valence-electron chi connectivity index (χ2n) is 5.83. The van der Waals surface area contributed by atoms with Crippen LogP contribution in [0.15, 0.2) is 49.1 Å². The minimum absolute atomic E-state index is 0.0353. The largest absolute Gasteiger partial charge is 0.372 e. The van der Waals surface area contributed by atoms with Gasteiger partial charge >= 0.3 is 0 Å². The molecule has 7 nitrogen and oxygen atoms in total. The Labute approximate surface area is 165 Å². The quantitative estimate of drug-likeness (QED) is 0.681. The molecule has 1 aromatic carbocycles. The lowest BCUT2D eigenvalue weighted by Crippen LogP contribution is -2.40. The van der Waals surface area contributed by atoms with E-state index in [0.717, 1.165) is 5.82 Å². The number of aromatic nitrogens is 3.